The number of hydrogen-bond donors (Lipinski definition) is 3. The summed E-state index contributed by atoms with van der Waals surface area (Å²) in [6, 6.07) is 16.9. The summed E-state index contributed by atoms with van der Waals surface area (Å²) in [4.78, 5) is 14.7. The Morgan fingerprint density at radius 1 is 1.15 bits per heavy atom. The summed E-state index contributed by atoms with van der Waals surface area (Å²) >= 11 is 0. The van der Waals surface area contributed by atoms with Crippen molar-refractivity contribution >= 4 is 11.7 Å². The highest BCUT2D eigenvalue weighted by molar-refractivity contribution is 6.06. The number of phenols is 1. The lowest BCUT2D eigenvalue weighted by Crippen LogP contribution is -2.30. The maximum atomic E-state index is 12.4. The first-order chi connectivity index (χ1) is 12.7. The number of aromatic amines is 1. The number of phenolic OH excluding ortho intramolecular Hbond substituents is 1. The van der Waals surface area contributed by atoms with Gasteiger partial charge in [-0.1, -0.05) is 42.5 Å². The molecule has 1 aliphatic heterocycles. The Kier molecular flexibility index (Phi) is 4.41. The second kappa shape index (κ2) is 7.01. The van der Waals surface area contributed by atoms with Crippen LogP contribution in [0, 0.1) is 0 Å². The fraction of sp³-hybridized carbons (Fsp3) is 0.200. The normalized spacial score (nSPS) is 14.0. The van der Waals surface area contributed by atoms with Crippen molar-refractivity contribution in [2.45, 2.75) is 19.5 Å². The van der Waals surface area contributed by atoms with Crippen LogP contribution in [-0.2, 0) is 19.5 Å². The molecule has 0 unspecified atom stereocenters. The van der Waals surface area contributed by atoms with Crippen molar-refractivity contribution < 1.29 is 9.90 Å². The van der Waals surface area contributed by atoms with E-state index in [0.717, 1.165) is 37.3 Å². The van der Waals surface area contributed by atoms with Crippen LogP contribution in [0.25, 0.3) is 0 Å². The monoisotopic (exact) mass is 348 g/mol. The van der Waals surface area contributed by atoms with E-state index < -0.39 is 0 Å². The number of anilines is 1. The standard InChI is InChI=1S/C20H20N4O2/c25-18-9-5-4-8-16(18)20(26)21-19-15-10-11-24(13-17(15)22-23-19)12-14-6-2-1-3-7-14/h1-9,25H,10-13H2,(H2,21,22,23,26). The maximum Gasteiger partial charge on any atom is 0.260 e. The van der Waals surface area contributed by atoms with Crippen molar-refractivity contribution in [2.24, 2.45) is 0 Å². The summed E-state index contributed by atoms with van der Waals surface area (Å²) in [5.41, 5.74) is 3.59. The van der Waals surface area contributed by atoms with Gasteiger partial charge in [-0.3, -0.25) is 14.8 Å². The van der Waals surface area contributed by atoms with Crippen LogP contribution in [0.1, 0.15) is 27.2 Å². The van der Waals surface area contributed by atoms with Crippen molar-refractivity contribution in [2.75, 3.05) is 11.9 Å². The van der Waals surface area contributed by atoms with Crippen LogP contribution >= 0.6 is 0 Å². The highest BCUT2D eigenvalue weighted by Crippen LogP contribution is 2.26. The summed E-state index contributed by atoms with van der Waals surface area (Å²) in [5.74, 6) is 0.153. The number of nitrogens with zero attached hydrogens (tertiary/aromatic N) is 2. The topological polar surface area (TPSA) is 81.2 Å². The predicted octanol–water partition coefficient (Wildman–Crippen LogP) is 2.93. The fourth-order valence-corrected chi connectivity index (χ4v) is 3.29. The SMILES string of the molecule is O=C(Nc1n[nH]c2c1CCN(Cc1ccccc1)C2)c1ccccc1O. The Morgan fingerprint density at radius 3 is 2.73 bits per heavy atom. The summed E-state index contributed by atoms with van der Waals surface area (Å²) in [7, 11) is 0. The molecule has 3 aromatic rings. The van der Waals surface area contributed by atoms with Crippen molar-refractivity contribution in [1.82, 2.24) is 15.1 Å². The van der Waals surface area contributed by atoms with Crippen LogP contribution in [-0.4, -0.2) is 32.7 Å². The lowest BCUT2D eigenvalue weighted by molar-refractivity contribution is 0.102. The quantitative estimate of drug-likeness (QED) is 0.677. The lowest BCUT2D eigenvalue weighted by Gasteiger charge is -2.26. The number of nitrogens with one attached hydrogen (secondary N) is 2. The third kappa shape index (κ3) is 3.32. The fourth-order valence-electron chi connectivity index (χ4n) is 3.29. The van der Waals surface area contributed by atoms with Crippen molar-refractivity contribution in [3.63, 3.8) is 0 Å². The van der Waals surface area contributed by atoms with Crippen molar-refractivity contribution in [3.8, 4) is 5.75 Å². The van der Waals surface area contributed by atoms with Gasteiger partial charge < -0.3 is 10.4 Å². The minimum atomic E-state index is -0.357. The van der Waals surface area contributed by atoms with E-state index in [1.165, 1.54) is 11.6 Å². The molecule has 1 aromatic heterocycles. The summed E-state index contributed by atoms with van der Waals surface area (Å²) in [6.45, 7) is 2.56. The van der Waals surface area contributed by atoms with Gasteiger partial charge in [0.15, 0.2) is 5.82 Å². The van der Waals surface area contributed by atoms with Crippen LogP contribution in [0.2, 0.25) is 0 Å². The summed E-state index contributed by atoms with van der Waals surface area (Å²) in [6.07, 6.45) is 0.815. The molecule has 6 nitrogen and oxygen atoms in total. The molecule has 0 atom stereocenters. The van der Waals surface area contributed by atoms with Gasteiger partial charge in [0.1, 0.15) is 5.75 Å². The van der Waals surface area contributed by atoms with Crippen LogP contribution in [0.15, 0.2) is 54.6 Å². The molecule has 1 aliphatic rings. The number of rotatable bonds is 4. The molecule has 1 amide bonds. The van der Waals surface area contributed by atoms with E-state index in [4.69, 9.17) is 0 Å². The number of hydrogen-bond acceptors (Lipinski definition) is 4. The van der Waals surface area contributed by atoms with Gasteiger partial charge in [-0.15, -0.1) is 0 Å². The van der Waals surface area contributed by atoms with Crippen LogP contribution in [0.5, 0.6) is 5.75 Å². The van der Waals surface area contributed by atoms with E-state index in [-0.39, 0.29) is 17.2 Å². The van der Waals surface area contributed by atoms with E-state index >= 15 is 0 Å². The van der Waals surface area contributed by atoms with E-state index in [0.29, 0.717) is 5.82 Å². The predicted molar refractivity (Wildman–Crippen MR) is 98.9 cm³/mol. The smallest absolute Gasteiger partial charge is 0.260 e. The highest BCUT2D eigenvalue weighted by atomic mass is 16.3. The molecule has 0 fully saturated rings. The van der Waals surface area contributed by atoms with E-state index in [1.54, 1.807) is 18.2 Å². The van der Waals surface area contributed by atoms with E-state index in [2.05, 4.69) is 32.5 Å². The molecule has 6 heteroatoms. The second-order valence-corrected chi connectivity index (χ2v) is 6.45. The molecule has 0 aliphatic carbocycles. The number of H-pyrrole nitrogens is 1. The van der Waals surface area contributed by atoms with Gasteiger partial charge in [0.25, 0.3) is 5.91 Å². The molecule has 0 spiro atoms. The van der Waals surface area contributed by atoms with Gasteiger partial charge in [0.05, 0.1) is 11.3 Å². The average Bonchev–Trinajstić information content (AvgIpc) is 3.05. The Labute approximate surface area is 151 Å². The average molecular weight is 348 g/mol. The molecular weight excluding hydrogens is 328 g/mol. The Hall–Kier alpha value is -3.12. The first-order valence-electron chi connectivity index (χ1n) is 8.62. The molecule has 0 bridgehead atoms. The van der Waals surface area contributed by atoms with Gasteiger partial charge in [0, 0.05) is 25.2 Å². The van der Waals surface area contributed by atoms with Gasteiger partial charge in [-0.05, 0) is 24.1 Å². The minimum Gasteiger partial charge on any atom is -0.507 e. The minimum absolute atomic E-state index is 0.0385. The van der Waals surface area contributed by atoms with E-state index in [1.807, 2.05) is 18.2 Å². The van der Waals surface area contributed by atoms with Crippen molar-refractivity contribution in [3.05, 3.63) is 77.0 Å². The Balaban J connectivity index is 1.46. The molecule has 2 heterocycles. The summed E-state index contributed by atoms with van der Waals surface area (Å²) < 4.78 is 0. The van der Waals surface area contributed by atoms with Gasteiger partial charge in [0.2, 0.25) is 0 Å². The highest BCUT2D eigenvalue weighted by Gasteiger charge is 2.23. The van der Waals surface area contributed by atoms with Crippen LogP contribution < -0.4 is 5.32 Å². The van der Waals surface area contributed by atoms with Gasteiger partial charge in [-0.2, -0.15) is 5.10 Å². The van der Waals surface area contributed by atoms with Gasteiger partial charge >= 0.3 is 0 Å². The van der Waals surface area contributed by atoms with Crippen LogP contribution in [0.4, 0.5) is 5.82 Å². The third-order valence-electron chi connectivity index (χ3n) is 4.64. The Morgan fingerprint density at radius 2 is 1.92 bits per heavy atom. The zero-order valence-electron chi connectivity index (χ0n) is 14.3. The second-order valence-electron chi connectivity index (χ2n) is 6.45. The largest absolute Gasteiger partial charge is 0.507 e. The molecule has 0 saturated carbocycles. The van der Waals surface area contributed by atoms with Gasteiger partial charge in [-0.25, -0.2) is 0 Å². The third-order valence-corrected chi connectivity index (χ3v) is 4.64. The van der Waals surface area contributed by atoms with Crippen LogP contribution in [0.3, 0.4) is 0 Å². The molecule has 132 valence electrons. The molecule has 3 N–H and O–H groups in total. The first kappa shape index (κ1) is 16.4. The molecule has 26 heavy (non-hydrogen) atoms. The molecule has 0 saturated heterocycles. The molecular formula is C20H20N4O2. The lowest BCUT2D eigenvalue weighted by atomic mass is 10.1. The number of benzene rings is 2. The number of carbonyl (C=O) groups excluding carboxylic acids is 1. The zero-order valence-corrected chi connectivity index (χ0v) is 14.3. The number of fused-ring (bicyclic) bond motifs is 1. The number of aromatic nitrogens is 2. The molecule has 2 aromatic carbocycles. The summed E-state index contributed by atoms with van der Waals surface area (Å²) in [5, 5.41) is 20.0. The Bertz CT molecular complexity index is 921. The first-order valence-corrected chi connectivity index (χ1v) is 8.62. The number of para-hydroxylation sites is 1. The maximum absolute atomic E-state index is 12.4. The van der Waals surface area contributed by atoms with Crippen molar-refractivity contribution in [1.29, 1.82) is 0 Å². The number of amides is 1. The number of carbonyl (C=O) groups is 1. The molecule has 4 rings (SSSR count). The molecule has 0 radical (unpaired) electrons. The zero-order chi connectivity index (χ0) is 17.9. The number of aromatic hydroxyl groups is 1. The van der Waals surface area contributed by atoms with E-state index in [9.17, 15) is 9.90 Å².